The van der Waals surface area contributed by atoms with Crippen molar-refractivity contribution in [2.45, 2.75) is 78.1 Å². The molecule has 0 spiro atoms. The highest BCUT2D eigenvalue weighted by Crippen LogP contribution is 2.43. The zero-order chi connectivity index (χ0) is 58.8. The van der Waals surface area contributed by atoms with Gasteiger partial charge in [0.2, 0.25) is 0 Å². The van der Waals surface area contributed by atoms with Crippen molar-refractivity contribution >= 4 is 83.0 Å². The molecule has 8 aromatic rings. The average molecular weight is 1220 g/mol. The Kier molecular flexibility index (Phi) is 18.3. The van der Waals surface area contributed by atoms with Gasteiger partial charge in [-0.2, -0.15) is 26.3 Å². The zero-order valence-electron chi connectivity index (χ0n) is 44.0. The van der Waals surface area contributed by atoms with E-state index in [0.29, 0.717) is 82.1 Å². The number of hydrogen-bond donors (Lipinski definition) is 5. The molecule has 2 fully saturated rings. The van der Waals surface area contributed by atoms with Gasteiger partial charge in [-0.25, -0.2) is 31.4 Å². The number of nitrogens with zero attached hydrogens (tertiary/aromatic N) is 4. The fraction of sp³-hybridized carbons (Fsp3) is 0.382. The number of aryl methyl sites for hydroxylation is 1. The maximum Gasteiger partial charge on any atom is 0.469 e. The summed E-state index contributed by atoms with van der Waals surface area (Å²) in [4.78, 5) is 35.7. The molecule has 2 aliphatic carbocycles. The van der Waals surface area contributed by atoms with E-state index in [1.54, 1.807) is 60.8 Å². The van der Waals surface area contributed by atoms with Crippen LogP contribution in [0.25, 0.3) is 66.1 Å². The summed E-state index contributed by atoms with van der Waals surface area (Å²) < 4.78 is 156. The Hall–Kier alpha value is -5.86. The first kappa shape index (κ1) is 60.7. The van der Waals surface area contributed by atoms with E-state index < -0.39 is 59.5 Å². The highest BCUT2D eigenvalue weighted by molar-refractivity contribution is 7.92. The van der Waals surface area contributed by atoms with Gasteiger partial charge >= 0.3 is 20.2 Å². The predicted molar refractivity (Wildman–Crippen MR) is 299 cm³/mol. The van der Waals surface area contributed by atoms with Gasteiger partial charge in [-0.15, -0.1) is 0 Å². The predicted octanol–water partition coefficient (Wildman–Crippen LogP) is 11.0. The average Bonchev–Trinajstić information content (AvgIpc) is 3.85. The van der Waals surface area contributed by atoms with Crippen LogP contribution in [-0.2, 0) is 28.8 Å². The van der Waals surface area contributed by atoms with Crippen molar-refractivity contribution in [1.29, 1.82) is 0 Å². The largest absolute Gasteiger partial charge is 0.491 e. The minimum absolute atomic E-state index is 0.0546. The van der Waals surface area contributed by atoms with Crippen molar-refractivity contribution in [2.24, 2.45) is 0 Å². The fourth-order valence-corrected chi connectivity index (χ4v) is 13.6. The summed E-state index contributed by atoms with van der Waals surface area (Å²) >= 11 is 6.25. The number of alkyl halides is 6. The Morgan fingerprint density at radius 3 is 1.56 bits per heavy atom. The van der Waals surface area contributed by atoms with Crippen LogP contribution >= 0.6 is 19.4 Å². The molecule has 2 aliphatic rings. The second-order valence-electron chi connectivity index (χ2n) is 20.2. The molecule has 0 unspecified atom stereocenters. The molecule has 82 heavy (non-hydrogen) atoms. The van der Waals surface area contributed by atoms with Gasteiger partial charge in [0.15, 0.2) is 19.7 Å². The number of sulfone groups is 2. The molecule has 4 heterocycles. The van der Waals surface area contributed by atoms with Crippen LogP contribution in [0.3, 0.4) is 0 Å². The number of phosphoric ester groups is 1. The number of halogens is 7. The summed E-state index contributed by atoms with van der Waals surface area (Å²) in [6.07, 6.45) is -2.48. The molecule has 0 radical (unpaired) electrons. The molecule has 5 N–H and O–H groups in total. The quantitative estimate of drug-likeness (QED) is 0.0215. The lowest BCUT2D eigenvalue weighted by atomic mass is 9.99. The number of fused-ring (bicyclic) bond motifs is 6. The molecule has 27 heteroatoms. The maximum atomic E-state index is 13.0. The van der Waals surface area contributed by atoms with E-state index in [-0.39, 0.29) is 72.7 Å². The molecule has 440 valence electrons. The van der Waals surface area contributed by atoms with Crippen molar-refractivity contribution < 1.29 is 76.6 Å². The van der Waals surface area contributed by atoms with Crippen LogP contribution in [-0.4, -0.2) is 150 Å². The van der Waals surface area contributed by atoms with E-state index in [0.717, 1.165) is 48.0 Å². The number of phosphoric acid groups is 1. The molecule has 4 aromatic heterocycles. The van der Waals surface area contributed by atoms with E-state index in [4.69, 9.17) is 36.0 Å². The molecular weight excluding hydrogens is 1170 g/mol. The molecule has 10 rings (SSSR count). The molecule has 4 aromatic carbocycles. The number of aliphatic hydroxyl groups excluding tert-OH is 1. The second kappa shape index (κ2) is 24.8. The number of aromatic amines is 2. The summed E-state index contributed by atoms with van der Waals surface area (Å²) in [6, 6.07) is 24.6. The van der Waals surface area contributed by atoms with Crippen LogP contribution in [0.1, 0.15) is 44.1 Å². The Bertz CT molecular complexity index is 3890. The molecule has 0 bridgehead atoms. The van der Waals surface area contributed by atoms with Gasteiger partial charge in [-0.3, -0.25) is 14.3 Å². The Morgan fingerprint density at radius 1 is 0.646 bits per heavy atom. The number of hydrogen-bond acceptors (Lipinski definition) is 13. The number of aliphatic hydroxyl groups is 1. The number of benzene rings is 4. The van der Waals surface area contributed by atoms with Crippen LogP contribution < -0.4 is 9.47 Å². The van der Waals surface area contributed by atoms with E-state index in [9.17, 15) is 47.7 Å². The maximum absolute atomic E-state index is 13.0. The van der Waals surface area contributed by atoms with Crippen molar-refractivity contribution in [3.05, 3.63) is 108 Å². The van der Waals surface area contributed by atoms with E-state index >= 15 is 0 Å². The van der Waals surface area contributed by atoms with Crippen LogP contribution in [0.2, 0.25) is 5.02 Å². The fourth-order valence-electron chi connectivity index (χ4n) is 9.76. The van der Waals surface area contributed by atoms with Gasteiger partial charge in [0.25, 0.3) is 0 Å². The molecule has 0 saturated heterocycles. The van der Waals surface area contributed by atoms with Gasteiger partial charge in [0.05, 0.1) is 75.9 Å². The number of aromatic nitrogens is 4. The molecule has 0 aliphatic heterocycles. The van der Waals surface area contributed by atoms with Crippen LogP contribution in [0.5, 0.6) is 11.5 Å². The Morgan fingerprint density at radius 2 is 1.11 bits per heavy atom. The third-order valence-electron chi connectivity index (χ3n) is 13.8. The number of ether oxygens (including phenoxy) is 2. The SMILES string of the molecule is Cc1cnc2[nH]c3c(OCCCN(CCOP(=O)(O)O)CC(F)(F)F)ccc(-c4cccc(S(=O)(=O)C5CC5)c4)c3c2c1.O=S(=O)(c1cccc(-c2ccc(OCCCN(CCO)CC(F)(F)F)c3[nH]c4ncc(Cl)cc4c23)c1)C1CC1. The number of nitrogens with one attached hydrogen (secondary N) is 2. The van der Waals surface area contributed by atoms with Crippen molar-refractivity contribution in [1.82, 2.24) is 29.7 Å². The summed E-state index contributed by atoms with van der Waals surface area (Å²) in [6.45, 7) is -1.54. The lowest BCUT2D eigenvalue weighted by Crippen LogP contribution is -2.37. The lowest BCUT2D eigenvalue weighted by molar-refractivity contribution is -0.147. The lowest BCUT2D eigenvalue weighted by Gasteiger charge is -2.23. The highest BCUT2D eigenvalue weighted by atomic mass is 35.5. The van der Waals surface area contributed by atoms with Gasteiger partial charge in [0.1, 0.15) is 22.8 Å². The monoisotopic (exact) mass is 1220 g/mol. The number of pyridine rings is 2. The minimum atomic E-state index is -4.79. The van der Waals surface area contributed by atoms with Crippen molar-refractivity contribution in [2.75, 3.05) is 65.7 Å². The first-order chi connectivity index (χ1) is 38.8. The summed E-state index contributed by atoms with van der Waals surface area (Å²) in [5.41, 5.74) is 6.27. The first-order valence-electron chi connectivity index (χ1n) is 26.1. The number of rotatable bonds is 24. The zero-order valence-corrected chi connectivity index (χ0v) is 47.3. The molecule has 2 saturated carbocycles. The Labute approximate surface area is 472 Å². The van der Waals surface area contributed by atoms with Gasteiger partial charge in [-0.1, -0.05) is 35.9 Å². The third kappa shape index (κ3) is 15.1. The summed E-state index contributed by atoms with van der Waals surface area (Å²) in [5.74, 6) is 0.928. The molecular formula is C55H58ClF6N6O11PS2. The smallest absolute Gasteiger partial charge is 0.469 e. The normalized spacial score (nSPS) is 14.6. The van der Waals surface area contributed by atoms with E-state index in [1.165, 1.54) is 6.20 Å². The third-order valence-corrected chi connectivity index (χ3v) is 19.0. The molecule has 17 nitrogen and oxygen atoms in total. The molecule has 0 atom stereocenters. The second-order valence-corrected chi connectivity index (χ2v) is 26.3. The van der Waals surface area contributed by atoms with E-state index in [2.05, 4.69) is 24.5 Å². The topological polar surface area (TPSA) is 238 Å². The highest BCUT2D eigenvalue weighted by Gasteiger charge is 2.38. The van der Waals surface area contributed by atoms with Crippen molar-refractivity contribution in [3.8, 4) is 33.8 Å². The van der Waals surface area contributed by atoms with Gasteiger partial charge in [-0.05, 0) is 134 Å². The summed E-state index contributed by atoms with van der Waals surface area (Å²) in [7, 11) is -11.6. The number of H-pyrrole nitrogens is 2. The standard InChI is InChI=1S/C28H31F3N3O7PS.C27H27ClF3N3O4S/c1-18-14-23-25-22(19-4-2-5-21(15-19)43(38,39)20-6-7-20)8-9-24(26(25)33-27(23)32-16-18)40-12-3-10-34(17-28(29,30)31)11-13-41-42(35,36)37;28-18-14-22-24-21(17-3-1-4-20(13-17)39(36,37)19-5-6-19)7-8-23(25(24)33-26(22)32-15-18)38-12-2-9-34(10-11-35)16-27(29,30)31/h2,4-5,8-9,14-16,20H,3,6-7,10-13,17H2,1H3,(H,32,33)(H2,35,36,37);1,3-4,7-8,13-15,19,35H,2,5-6,9-12,16H2,(H,32,33). The van der Waals surface area contributed by atoms with Crippen LogP contribution in [0, 0.1) is 6.92 Å². The van der Waals surface area contributed by atoms with E-state index in [1.807, 2.05) is 37.3 Å². The minimum Gasteiger partial charge on any atom is -0.491 e. The first-order valence-corrected chi connectivity index (χ1v) is 31.1. The van der Waals surface area contributed by atoms with Crippen LogP contribution in [0.4, 0.5) is 26.3 Å². The van der Waals surface area contributed by atoms with Crippen LogP contribution in [0.15, 0.2) is 107 Å². The van der Waals surface area contributed by atoms with Crippen molar-refractivity contribution in [3.63, 3.8) is 0 Å². The molecule has 0 amide bonds. The van der Waals surface area contributed by atoms with Gasteiger partial charge < -0.3 is 34.3 Å². The van der Waals surface area contributed by atoms with Gasteiger partial charge in [0, 0.05) is 60.1 Å². The Balaban J connectivity index is 0.000000198. The summed E-state index contributed by atoms with van der Waals surface area (Å²) in [5, 5.41) is 11.9.